The molecule has 0 radical (unpaired) electrons. The molecule has 0 fully saturated rings. The maximum Gasteiger partial charge on any atom is 0.368 e. The summed E-state index contributed by atoms with van der Waals surface area (Å²) in [6.07, 6.45) is 1.11. The van der Waals surface area contributed by atoms with Crippen LogP contribution in [0.5, 0.6) is 0 Å². The SMILES string of the molecule is CCOP(=O)(OCC)C1=CC(C)OC1=O. The van der Waals surface area contributed by atoms with Crippen LogP contribution in [0.1, 0.15) is 20.8 Å². The Labute approximate surface area is 88.9 Å². The number of carbonyl (C=O) groups is 1. The lowest BCUT2D eigenvalue weighted by Gasteiger charge is -2.15. The zero-order valence-electron chi connectivity index (χ0n) is 9.06. The third-order valence-electron chi connectivity index (χ3n) is 1.79. The van der Waals surface area contributed by atoms with Crippen LogP contribution in [0.2, 0.25) is 0 Å². The lowest BCUT2D eigenvalue weighted by Crippen LogP contribution is -2.07. The van der Waals surface area contributed by atoms with Crippen LogP contribution in [0, 0.1) is 0 Å². The summed E-state index contributed by atoms with van der Waals surface area (Å²) < 4.78 is 27.1. The van der Waals surface area contributed by atoms with E-state index in [0.29, 0.717) is 0 Å². The van der Waals surface area contributed by atoms with E-state index in [2.05, 4.69) is 0 Å². The fourth-order valence-electron chi connectivity index (χ4n) is 1.27. The quantitative estimate of drug-likeness (QED) is 0.538. The molecule has 1 atom stereocenters. The molecule has 15 heavy (non-hydrogen) atoms. The number of ether oxygens (including phenoxy) is 1. The smallest absolute Gasteiger partial charge is 0.368 e. The molecule has 0 amide bonds. The lowest BCUT2D eigenvalue weighted by atomic mass is 10.4. The zero-order valence-corrected chi connectivity index (χ0v) is 9.95. The Balaban J connectivity index is 2.94. The lowest BCUT2D eigenvalue weighted by molar-refractivity contribution is -0.138. The van der Waals surface area contributed by atoms with Gasteiger partial charge >= 0.3 is 13.6 Å². The number of rotatable bonds is 5. The van der Waals surface area contributed by atoms with Crippen molar-refractivity contribution < 1.29 is 23.1 Å². The molecule has 5 nitrogen and oxygen atoms in total. The van der Waals surface area contributed by atoms with Crippen LogP contribution in [0.4, 0.5) is 0 Å². The summed E-state index contributed by atoms with van der Waals surface area (Å²) in [5.74, 6) is -0.618. The summed E-state index contributed by atoms with van der Waals surface area (Å²) in [4.78, 5) is 11.4. The van der Waals surface area contributed by atoms with Gasteiger partial charge in [-0.15, -0.1) is 0 Å². The molecule has 0 N–H and O–H groups in total. The predicted octanol–water partition coefficient (Wildman–Crippen LogP) is 2.08. The second-order valence-corrected chi connectivity index (χ2v) is 4.99. The third kappa shape index (κ3) is 2.68. The average Bonchev–Trinajstić information content (AvgIpc) is 2.46. The minimum atomic E-state index is -3.47. The monoisotopic (exact) mass is 234 g/mol. The van der Waals surface area contributed by atoms with Crippen molar-refractivity contribution in [2.24, 2.45) is 0 Å². The van der Waals surface area contributed by atoms with E-state index < -0.39 is 13.6 Å². The number of hydrogen-bond acceptors (Lipinski definition) is 5. The van der Waals surface area contributed by atoms with Crippen LogP contribution in [-0.4, -0.2) is 25.3 Å². The normalized spacial score (nSPS) is 21.4. The van der Waals surface area contributed by atoms with Crippen molar-refractivity contribution in [3.63, 3.8) is 0 Å². The highest BCUT2D eigenvalue weighted by atomic mass is 31.2. The molecular formula is C9H15O5P. The van der Waals surface area contributed by atoms with Crippen LogP contribution in [-0.2, 0) is 23.1 Å². The number of cyclic esters (lactones) is 1. The summed E-state index contributed by atoms with van der Waals surface area (Å²) in [6, 6.07) is 0. The van der Waals surface area contributed by atoms with Gasteiger partial charge in [-0.2, -0.15) is 0 Å². The Morgan fingerprint density at radius 3 is 2.27 bits per heavy atom. The van der Waals surface area contributed by atoms with E-state index in [9.17, 15) is 9.36 Å². The molecule has 1 rings (SSSR count). The first kappa shape index (κ1) is 12.4. The Morgan fingerprint density at radius 1 is 1.40 bits per heavy atom. The molecule has 0 saturated carbocycles. The molecule has 1 heterocycles. The first-order valence-corrected chi connectivity index (χ1v) is 6.40. The highest BCUT2D eigenvalue weighted by Gasteiger charge is 2.40. The average molecular weight is 234 g/mol. The van der Waals surface area contributed by atoms with Crippen LogP contribution in [0.15, 0.2) is 11.4 Å². The molecular weight excluding hydrogens is 219 g/mol. The summed E-state index contributed by atoms with van der Waals surface area (Å²) in [7, 11) is -3.47. The van der Waals surface area contributed by atoms with E-state index in [4.69, 9.17) is 13.8 Å². The molecule has 0 aromatic rings. The van der Waals surface area contributed by atoms with Crippen LogP contribution in [0.3, 0.4) is 0 Å². The van der Waals surface area contributed by atoms with E-state index in [0.717, 1.165) is 0 Å². The van der Waals surface area contributed by atoms with Gasteiger partial charge in [-0.3, -0.25) is 4.57 Å². The Kier molecular flexibility index (Phi) is 4.08. The topological polar surface area (TPSA) is 61.8 Å². The summed E-state index contributed by atoms with van der Waals surface area (Å²) >= 11 is 0. The fraction of sp³-hybridized carbons (Fsp3) is 0.667. The summed E-state index contributed by atoms with van der Waals surface area (Å²) in [6.45, 7) is 5.51. The molecule has 0 aliphatic carbocycles. The zero-order chi connectivity index (χ0) is 11.5. The van der Waals surface area contributed by atoms with Gasteiger partial charge in [-0.1, -0.05) is 0 Å². The van der Waals surface area contributed by atoms with E-state index in [1.54, 1.807) is 20.8 Å². The molecule has 86 valence electrons. The van der Waals surface area contributed by atoms with E-state index >= 15 is 0 Å². The molecule has 0 bridgehead atoms. The van der Waals surface area contributed by atoms with E-state index in [-0.39, 0.29) is 24.6 Å². The Morgan fingerprint density at radius 2 is 1.93 bits per heavy atom. The highest BCUT2D eigenvalue weighted by Crippen LogP contribution is 2.57. The second kappa shape index (κ2) is 4.92. The van der Waals surface area contributed by atoms with Gasteiger partial charge in [0.15, 0.2) is 0 Å². The van der Waals surface area contributed by atoms with Crippen LogP contribution >= 0.6 is 7.60 Å². The predicted molar refractivity (Wildman–Crippen MR) is 54.5 cm³/mol. The van der Waals surface area contributed by atoms with Crippen molar-refractivity contribution in [3.8, 4) is 0 Å². The molecule has 6 heteroatoms. The van der Waals surface area contributed by atoms with Gasteiger partial charge in [0.1, 0.15) is 11.4 Å². The summed E-state index contributed by atoms with van der Waals surface area (Å²) in [5, 5.41) is 0.0127. The largest absolute Gasteiger partial charge is 0.455 e. The van der Waals surface area contributed by atoms with Crippen LogP contribution < -0.4 is 0 Å². The molecule has 0 spiro atoms. The molecule has 1 aliphatic rings. The Hall–Kier alpha value is -0.640. The number of esters is 1. The summed E-state index contributed by atoms with van der Waals surface area (Å²) in [5.41, 5.74) is 0. The molecule has 0 aromatic carbocycles. The third-order valence-corrected chi connectivity index (χ3v) is 3.91. The fourth-order valence-corrected chi connectivity index (χ4v) is 2.97. The first-order chi connectivity index (χ1) is 7.03. The molecule has 1 unspecified atom stereocenters. The highest BCUT2D eigenvalue weighted by molar-refractivity contribution is 7.60. The standard InChI is InChI=1S/C9H15O5P/c1-4-12-15(11,13-5-2)8-6-7(3)14-9(8)10/h6-7H,4-5H2,1-3H3. The van der Waals surface area contributed by atoms with Gasteiger partial charge < -0.3 is 13.8 Å². The second-order valence-electron chi connectivity index (χ2n) is 3.00. The number of hydrogen-bond donors (Lipinski definition) is 0. The maximum absolute atomic E-state index is 12.2. The first-order valence-electron chi connectivity index (χ1n) is 4.86. The van der Waals surface area contributed by atoms with Crippen molar-refractivity contribution >= 4 is 13.6 Å². The van der Waals surface area contributed by atoms with Gasteiger partial charge in [-0.25, -0.2) is 4.79 Å². The van der Waals surface area contributed by atoms with E-state index in [1.807, 2.05) is 0 Å². The van der Waals surface area contributed by atoms with Gasteiger partial charge in [0.2, 0.25) is 0 Å². The van der Waals surface area contributed by atoms with Crippen LogP contribution in [0.25, 0.3) is 0 Å². The van der Waals surface area contributed by atoms with Gasteiger partial charge in [0.25, 0.3) is 0 Å². The maximum atomic E-state index is 12.2. The minimum absolute atomic E-state index is 0.0127. The van der Waals surface area contributed by atoms with Gasteiger partial charge in [0.05, 0.1) is 13.2 Å². The molecule has 0 saturated heterocycles. The Bertz CT molecular complexity index is 312. The van der Waals surface area contributed by atoms with Crippen molar-refractivity contribution in [1.82, 2.24) is 0 Å². The van der Waals surface area contributed by atoms with Gasteiger partial charge in [-0.05, 0) is 26.8 Å². The van der Waals surface area contributed by atoms with Crippen molar-refractivity contribution in [2.45, 2.75) is 26.9 Å². The molecule has 0 aromatic heterocycles. The van der Waals surface area contributed by atoms with Gasteiger partial charge in [0, 0.05) is 0 Å². The van der Waals surface area contributed by atoms with Crippen molar-refractivity contribution in [3.05, 3.63) is 11.4 Å². The van der Waals surface area contributed by atoms with Crippen molar-refractivity contribution in [1.29, 1.82) is 0 Å². The molecule has 1 aliphatic heterocycles. The number of carbonyl (C=O) groups excluding carboxylic acids is 1. The van der Waals surface area contributed by atoms with E-state index in [1.165, 1.54) is 6.08 Å². The minimum Gasteiger partial charge on any atom is -0.455 e. The van der Waals surface area contributed by atoms with Crippen molar-refractivity contribution in [2.75, 3.05) is 13.2 Å².